The molecule has 0 bridgehead atoms. The van der Waals surface area contributed by atoms with Gasteiger partial charge >= 0.3 is 5.97 Å². The average Bonchev–Trinajstić information content (AvgIpc) is 3.51. The zero-order valence-corrected chi connectivity index (χ0v) is 23.7. The van der Waals surface area contributed by atoms with Crippen LogP contribution in [0.3, 0.4) is 0 Å². The van der Waals surface area contributed by atoms with Crippen molar-refractivity contribution in [3.63, 3.8) is 0 Å². The fourth-order valence-electron chi connectivity index (χ4n) is 3.67. The number of amides is 2. The van der Waals surface area contributed by atoms with E-state index in [4.69, 9.17) is 0 Å². The van der Waals surface area contributed by atoms with Gasteiger partial charge in [0.2, 0.25) is 16.2 Å². The highest BCUT2D eigenvalue weighted by atomic mass is 32.2. The lowest BCUT2D eigenvalue weighted by atomic mass is 10.0. The van der Waals surface area contributed by atoms with Gasteiger partial charge < -0.3 is 20.2 Å². The van der Waals surface area contributed by atoms with Gasteiger partial charge in [0, 0.05) is 37.5 Å². The monoisotopic (exact) mass is 580 g/mol. The Labute approximate surface area is 231 Å². The van der Waals surface area contributed by atoms with E-state index >= 15 is 0 Å². The number of carbonyl (C=O) groups excluding carboxylic acids is 2. The number of aliphatic imine (C=N–C) groups is 1. The lowest BCUT2D eigenvalue weighted by Gasteiger charge is -2.49. The van der Waals surface area contributed by atoms with Crippen LogP contribution in [-0.4, -0.2) is 127 Å². The van der Waals surface area contributed by atoms with Crippen molar-refractivity contribution in [3.05, 3.63) is 22.3 Å². The maximum Gasteiger partial charge on any atom is 0.352 e. The van der Waals surface area contributed by atoms with Crippen molar-refractivity contribution >= 4 is 64.1 Å². The van der Waals surface area contributed by atoms with Gasteiger partial charge in [0.05, 0.1) is 25.0 Å². The van der Waals surface area contributed by atoms with Gasteiger partial charge in [0.15, 0.2) is 0 Å². The molecule has 2 aliphatic heterocycles. The summed E-state index contributed by atoms with van der Waals surface area (Å²) in [6, 6.07) is -0.792. The van der Waals surface area contributed by atoms with E-state index in [9.17, 15) is 19.5 Å². The number of carboxylic acids is 1. The molecule has 4 heterocycles. The van der Waals surface area contributed by atoms with Gasteiger partial charge in [-0.3, -0.25) is 14.5 Å². The van der Waals surface area contributed by atoms with E-state index in [1.165, 1.54) is 39.8 Å². The Kier molecular flexibility index (Phi) is 9.01. The Bertz CT molecular complexity index is 1260. The highest BCUT2D eigenvalue weighted by molar-refractivity contribution is 8.01. The molecule has 1 saturated heterocycles. The number of thioether (sulfide) groups is 2. The summed E-state index contributed by atoms with van der Waals surface area (Å²) in [5, 5.41) is 26.8. The van der Waals surface area contributed by atoms with Crippen LogP contribution in [0.5, 0.6) is 0 Å². The van der Waals surface area contributed by atoms with Crippen LogP contribution in [0.4, 0.5) is 5.13 Å². The summed E-state index contributed by atoms with van der Waals surface area (Å²) in [5.74, 6) is -1.24. The molecule has 2 aromatic rings. The normalized spacial score (nSPS) is 19.2. The molecule has 0 aliphatic carbocycles. The van der Waals surface area contributed by atoms with E-state index in [1.54, 1.807) is 21.3 Å². The molecule has 14 nitrogen and oxygen atoms in total. The number of likely N-dealkylation sites (N-methyl/N-ethyl adjacent to an activating group) is 1. The second-order valence-electron chi connectivity index (χ2n) is 9.00. The minimum absolute atomic E-state index is 0.00120. The second-order valence-corrected chi connectivity index (χ2v) is 11.9. The van der Waals surface area contributed by atoms with Crippen molar-refractivity contribution in [1.29, 1.82) is 0 Å². The average molecular weight is 581 g/mol. The van der Waals surface area contributed by atoms with Crippen molar-refractivity contribution in [3.8, 4) is 0 Å². The maximum atomic E-state index is 12.9. The van der Waals surface area contributed by atoms with Gasteiger partial charge in [0.1, 0.15) is 17.1 Å². The predicted octanol–water partition coefficient (Wildman–Crippen LogP) is -0.0140. The third kappa shape index (κ3) is 6.51. The van der Waals surface area contributed by atoms with Crippen LogP contribution >= 0.6 is 34.9 Å². The zero-order valence-electron chi connectivity index (χ0n) is 21.3. The van der Waals surface area contributed by atoms with E-state index in [2.05, 4.69) is 30.8 Å². The third-order valence-corrected chi connectivity index (χ3v) is 8.66. The van der Waals surface area contributed by atoms with Crippen molar-refractivity contribution in [2.45, 2.75) is 29.5 Å². The molecule has 2 amide bonds. The predicted molar refractivity (Wildman–Crippen MR) is 144 cm³/mol. The molecule has 2 aromatic heterocycles. The maximum absolute atomic E-state index is 12.9. The number of hydrogen-bond acceptors (Lipinski definition) is 12. The van der Waals surface area contributed by atoms with Crippen LogP contribution in [0.25, 0.3) is 0 Å². The summed E-state index contributed by atoms with van der Waals surface area (Å²) < 4.78 is 1.67. The van der Waals surface area contributed by atoms with E-state index in [0.717, 1.165) is 6.54 Å². The molecular weight excluding hydrogens is 552 g/mol. The van der Waals surface area contributed by atoms with Crippen LogP contribution in [0, 0.1) is 0 Å². The number of aliphatic carboxylic acids is 1. The number of aromatic nitrogens is 5. The first-order chi connectivity index (χ1) is 18.1. The van der Waals surface area contributed by atoms with Crippen LogP contribution < -0.4 is 5.32 Å². The van der Waals surface area contributed by atoms with Gasteiger partial charge in [0.25, 0.3) is 5.91 Å². The molecule has 17 heteroatoms. The second kappa shape index (κ2) is 12.2. The number of rotatable bonds is 12. The number of hydrogen-bond donors (Lipinski definition) is 2. The molecule has 0 radical (unpaired) electrons. The van der Waals surface area contributed by atoms with Gasteiger partial charge in [-0.25, -0.2) is 19.5 Å². The van der Waals surface area contributed by atoms with Gasteiger partial charge in [-0.1, -0.05) is 11.8 Å². The highest BCUT2D eigenvalue weighted by Gasteiger charge is 2.54. The molecular formula is C21H28N10O4S3. The van der Waals surface area contributed by atoms with Gasteiger partial charge in [-0.2, -0.15) is 0 Å². The number of thiazole rings is 1. The molecule has 204 valence electrons. The quantitative estimate of drug-likeness (QED) is 0.150. The molecule has 38 heavy (non-hydrogen) atoms. The van der Waals surface area contributed by atoms with Crippen molar-refractivity contribution in [2.75, 3.05) is 46.2 Å². The molecule has 2 N–H and O–H groups in total. The van der Waals surface area contributed by atoms with Crippen LogP contribution in [0.2, 0.25) is 0 Å². The first-order valence-corrected chi connectivity index (χ1v) is 14.4. The number of carboxylic acid groups (broad SMARTS) is 1. The fraction of sp³-hybridized carbons (Fsp3) is 0.524. The summed E-state index contributed by atoms with van der Waals surface area (Å²) in [7, 11) is 7.60. The Balaban J connectivity index is 1.37. The number of nitrogens with one attached hydrogen (secondary N) is 1. The number of β-lactam (4-membered cyclic amide) rings is 1. The zero-order chi connectivity index (χ0) is 27.4. The topological polar surface area (TPSA) is 162 Å². The van der Waals surface area contributed by atoms with Crippen LogP contribution in [-0.2, 0) is 27.3 Å². The summed E-state index contributed by atoms with van der Waals surface area (Å²) in [4.78, 5) is 51.3. The molecule has 1 fully saturated rings. The minimum atomic E-state index is -1.18. The number of nitrogens with zero attached hydrogens (tertiary/aromatic N) is 9. The van der Waals surface area contributed by atoms with E-state index < -0.39 is 23.3 Å². The highest BCUT2D eigenvalue weighted by Crippen LogP contribution is 2.41. The Hall–Kier alpha value is -3.02. The Morgan fingerprint density at radius 1 is 1.34 bits per heavy atom. The number of tetrazole rings is 1. The molecule has 0 aromatic carbocycles. The first kappa shape index (κ1) is 28.0. The largest absolute Gasteiger partial charge is 0.477 e. The lowest BCUT2D eigenvalue weighted by Crippen LogP contribution is -2.70. The van der Waals surface area contributed by atoms with Gasteiger partial charge in [-0.05, 0) is 30.1 Å². The molecule has 0 saturated carbocycles. The minimum Gasteiger partial charge on any atom is -0.477 e. The van der Waals surface area contributed by atoms with Gasteiger partial charge in [-0.15, -0.1) is 28.2 Å². The number of carbonyl (C=O) groups is 3. The molecule has 0 spiro atoms. The fourth-order valence-corrected chi connectivity index (χ4v) is 6.72. The van der Waals surface area contributed by atoms with E-state index in [-0.39, 0.29) is 18.0 Å². The summed E-state index contributed by atoms with van der Waals surface area (Å²) in [6.07, 6.45) is 1.62. The lowest BCUT2D eigenvalue weighted by molar-refractivity contribution is -0.150. The third-order valence-electron chi connectivity index (χ3n) is 5.48. The molecule has 1 unspecified atom stereocenters. The smallest absolute Gasteiger partial charge is 0.352 e. The standard InChI is InChI=1S/C21H28N10O4S3/c1-28(2)5-6-30-21(25-26-27-30)38-9-12-8-36-18-15(17(33)31(18)16(12)19(34)35)24-14(32)7-13-10-37-20(23-13)22-11-29(3)4/h10-11,15,18H,5-9H2,1-4H3,(H,24,32)(H,34,35)/t15?,18-/m1/s1. The summed E-state index contributed by atoms with van der Waals surface area (Å²) in [5.41, 5.74) is 1.13. The Morgan fingerprint density at radius 3 is 2.84 bits per heavy atom. The molecule has 4 rings (SSSR count). The van der Waals surface area contributed by atoms with E-state index in [0.29, 0.717) is 39.6 Å². The molecule has 2 aliphatic rings. The molecule has 2 atom stereocenters. The van der Waals surface area contributed by atoms with Crippen LogP contribution in [0.1, 0.15) is 5.69 Å². The summed E-state index contributed by atoms with van der Waals surface area (Å²) in [6.45, 7) is 1.35. The van der Waals surface area contributed by atoms with E-state index in [1.807, 2.05) is 33.1 Å². The summed E-state index contributed by atoms with van der Waals surface area (Å²) >= 11 is 4.07. The van der Waals surface area contributed by atoms with Crippen molar-refractivity contribution in [1.82, 2.24) is 45.2 Å². The van der Waals surface area contributed by atoms with Crippen LogP contribution in [0.15, 0.2) is 26.8 Å². The number of fused-ring (bicyclic) bond motifs is 1. The van der Waals surface area contributed by atoms with Crippen molar-refractivity contribution < 1.29 is 19.5 Å². The first-order valence-electron chi connectivity index (χ1n) is 11.5. The SMILES string of the molecule is CN(C)C=Nc1nc(CC(=O)NC2C(=O)N3C(C(=O)O)=C(CSc4nnnn4CCN(C)C)CS[C@H]23)cs1. The Morgan fingerprint density at radius 2 is 2.13 bits per heavy atom. The van der Waals surface area contributed by atoms with Crippen molar-refractivity contribution in [2.24, 2.45) is 4.99 Å².